The molecular weight excluding hydrogens is 373 g/mol. The largest absolute Gasteiger partial charge is 0.366 e. The predicted molar refractivity (Wildman–Crippen MR) is 106 cm³/mol. The zero-order valence-corrected chi connectivity index (χ0v) is 15.1. The van der Waals surface area contributed by atoms with E-state index in [1.54, 1.807) is 45.9 Å². The van der Waals surface area contributed by atoms with Gasteiger partial charge in [0, 0.05) is 23.6 Å². The molecule has 29 heavy (non-hydrogen) atoms. The number of nitrogens with zero attached hydrogens (tertiary/aromatic N) is 3. The number of primary amides is 1. The van der Waals surface area contributed by atoms with Crippen LogP contribution in [0.2, 0.25) is 0 Å². The Morgan fingerprint density at radius 3 is 2.24 bits per heavy atom. The Morgan fingerprint density at radius 2 is 1.62 bits per heavy atom. The van der Waals surface area contributed by atoms with E-state index in [2.05, 4.69) is 10.4 Å². The second-order valence-electron chi connectivity index (χ2n) is 6.26. The lowest BCUT2D eigenvalue weighted by Crippen LogP contribution is -2.16. The van der Waals surface area contributed by atoms with Crippen LogP contribution < -0.4 is 11.1 Å². The summed E-state index contributed by atoms with van der Waals surface area (Å²) in [5.74, 6) is -0.777. The zero-order valence-electron chi connectivity index (χ0n) is 15.1. The zero-order chi connectivity index (χ0) is 20.4. The van der Waals surface area contributed by atoms with Gasteiger partial charge in [-0.15, -0.1) is 0 Å². The molecule has 4 rings (SSSR count). The summed E-state index contributed by atoms with van der Waals surface area (Å²) in [6.45, 7) is 0. The fourth-order valence-corrected chi connectivity index (χ4v) is 2.91. The van der Waals surface area contributed by atoms with Crippen molar-refractivity contribution in [3.8, 4) is 11.5 Å². The van der Waals surface area contributed by atoms with E-state index in [4.69, 9.17) is 5.73 Å². The van der Waals surface area contributed by atoms with Crippen LogP contribution in [0.5, 0.6) is 0 Å². The Balaban J connectivity index is 1.70. The maximum Gasteiger partial charge on any atom is 0.261 e. The van der Waals surface area contributed by atoms with Crippen molar-refractivity contribution in [1.29, 1.82) is 0 Å². The number of rotatable bonds is 5. The molecule has 7 nitrogen and oxygen atoms in total. The molecule has 2 aromatic heterocycles. The van der Waals surface area contributed by atoms with Crippen LogP contribution in [0.4, 0.5) is 10.1 Å². The molecule has 2 amide bonds. The minimum Gasteiger partial charge on any atom is -0.366 e. The maximum absolute atomic E-state index is 13.3. The average molecular weight is 389 g/mol. The van der Waals surface area contributed by atoms with Crippen molar-refractivity contribution >= 4 is 17.5 Å². The van der Waals surface area contributed by atoms with E-state index in [0.29, 0.717) is 28.3 Å². The Hall–Kier alpha value is -4.20. The third-order valence-electron chi connectivity index (χ3n) is 4.34. The highest BCUT2D eigenvalue weighted by Crippen LogP contribution is 2.21. The molecule has 144 valence electrons. The molecular formula is C21H16FN5O2. The van der Waals surface area contributed by atoms with Crippen molar-refractivity contribution in [3.05, 3.63) is 96.2 Å². The van der Waals surface area contributed by atoms with Gasteiger partial charge in [-0.3, -0.25) is 9.59 Å². The number of amides is 2. The summed E-state index contributed by atoms with van der Waals surface area (Å²) in [4.78, 5) is 24.1. The molecule has 0 saturated heterocycles. The second kappa shape index (κ2) is 7.43. The summed E-state index contributed by atoms with van der Waals surface area (Å²) in [5, 5.41) is 7.11. The van der Waals surface area contributed by atoms with Gasteiger partial charge in [-0.1, -0.05) is 0 Å². The number of aromatic nitrogens is 3. The normalized spacial score (nSPS) is 10.7. The first kappa shape index (κ1) is 18.2. The number of nitrogens with two attached hydrogens (primary N) is 1. The van der Waals surface area contributed by atoms with Crippen LogP contribution in [0.3, 0.4) is 0 Å². The highest BCUT2D eigenvalue weighted by atomic mass is 19.1. The second-order valence-corrected chi connectivity index (χ2v) is 6.26. The van der Waals surface area contributed by atoms with Gasteiger partial charge in [0.05, 0.1) is 11.9 Å². The predicted octanol–water partition coefficient (Wildman–Crippen LogP) is 3.15. The molecule has 0 saturated carbocycles. The molecule has 0 fully saturated rings. The molecule has 2 heterocycles. The average Bonchev–Trinajstić information content (AvgIpc) is 3.38. The smallest absolute Gasteiger partial charge is 0.261 e. The maximum atomic E-state index is 13.3. The Morgan fingerprint density at radius 1 is 0.966 bits per heavy atom. The Labute approximate surface area is 165 Å². The van der Waals surface area contributed by atoms with Crippen molar-refractivity contribution in [2.75, 3.05) is 5.32 Å². The van der Waals surface area contributed by atoms with Crippen LogP contribution >= 0.6 is 0 Å². The minimum absolute atomic E-state index is 0.324. The molecule has 0 radical (unpaired) electrons. The molecule has 2 aromatic carbocycles. The molecule has 0 aliphatic rings. The van der Waals surface area contributed by atoms with Gasteiger partial charge in [0.25, 0.3) is 5.91 Å². The van der Waals surface area contributed by atoms with Gasteiger partial charge in [0.1, 0.15) is 11.4 Å². The molecule has 0 aliphatic carbocycles. The van der Waals surface area contributed by atoms with E-state index < -0.39 is 5.91 Å². The van der Waals surface area contributed by atoms with Gasteiger partial charge in [-0.05, 0) is 60.7 Å². The van der Waals surface area contributed by atoms with Gasteiger partial charge < -0.3 is 15.6 Å². The van der Waals surface area contributed by atoms with Crippen molar-refractivity contribution in [2.45, 2.75) is 0 Å². The summed E-state index contributed by atoms with van der Waals surface area (Å²) >= 11 is 0. The van der Waals surface area contributed by atoms with Crippen molar-refractivity contribution in [1.82, 2.24) is 14.3 Å². The molecule has 0 atom stereocenters. The molecule has 0 aliphatic heterocycles. The summed E-state index contributed by atoms with van der Waals surface area (Å²) in [7, 11) is 0. The van der Waals surface area contributed by atoms with Crippen LogP contribution in [0.15, 0.2) is 79.3 Å². The minimum atomic E-state index is -0.543. The van der Waals surface area contributed by atoms with E-state index >= 15 is 0 Å². The molecule has 8 heteroatoms. The highest BCUT2D eigenvalue weighted by molar-refractivity contribution is 6.06. The molecule has 0 unspecified atom stereocenters. The van der Waals surface area contributed by atoms with E-state index in [-0.39, 0.29) is 11.7 Å². The topological polar surface area (TPSA) is 94.9 Å². The van der Waals surface area contributed by atoms with Crippen molar-refractivity contribution in [3.63, 3.8) is 0 Å². The number of benzene rings is 2. The lowest BCUT2D eigenvalue weighted by molar-refractivity contribution is 0.0998. The summed E-state index contributed by atoms with van der Waals surface area (Å²) in [6, 6.07) is 15.7. The quantitative estimate of drug-likeness (QED) is 0.549. The number of halogens is 1. The summed E-state index contributed by atoms with van der Waals surface area (Å²) in [5.41, 5.74) is 7.02. The molecule has 0 bridgehead atoms. The van der Waals surface area contributed by atoms with Crippen LogP contribution in [-0.4, -0.2) is 26.2 Å². The van der Waals surface area contributed by atoms with Gasteiger partial charge >= 0.3 is 0 Å². The monoisotopic (exact) mass is 389 g/mol. The third-order valence-corrected chi connectivity index (χ3v) is 4.34. The first-order valence-electron chi connectivity index (χ1n) is 8.71. The van der Waals surface area contributed by atoms with Gasteiger partial charge in [-0.25, -0.2) is 9.07 Å². The Bertz CT molecular complexity index is 1160. The van der Waals surface area contributed by atoms with Crippen LogP contribution in [0, 0.1) is 5.82 Å². The van der Waals surface area contributed by atoms with Gasteiger partial charge in [0.15, 0.2) is 5.82 Å². The highest BCUT2D eigenvalue weighted by Gasteiger charge is 2.20. The fourth-order valence-electron chi connectivity index (χ4n) is 2.91. The van der Waals surface area contributed by atoms with Crippen molar-refractivity contribution in [2.24, 2.45) is 5.73 Å². The number of carbonyl (C=O) groups excluding carboxylic acids is 2. The number of hydrogen-bond acceptors (Lipinski definition) is 3. The number of nitrogens with one attached hydrogen (secondary N) is 1. The van der Waals surface area contributed by atoms with Crippen molar-refractivity contribution < 1.29 is 14.0 Å². The molecule has 4 aromatic rings. The van der Waals surface area contributed by atoms with E-state index in [1.165, 1.54) is 30.5 Å². The number of anilines is 1. The third kappa shape index (κ3) is 3.63. The molecule has 0 spiro atoms. The summed E-state index contributed by atoms with van der Waals surface area (Å²) in [6.07, 6.45) is 5.02. The van der Waals surface area contributed by atoms with Crippen LogP contribution in [-0.2, 0) is 0 Å². The van der Waals surface area contributed by atoms with Crippen LogP contribution in [0.25, 0.3) is 11.5 Å². The lowest BCUT2D eigenvalue weighted by Gasteiger charge is -2.11. The number of carbonyl (C=O) groups is 2. The first-order chi connectivity index (χ1) is 14.0. The Kier molecular flexibility index (Phi) is 4.66. The van der Waals surface area contributed by atoms with Gasteiger partial charge in [-0.2, -0.15) is 5.10 Å². The first-order valence-corrected chi connectivity index (χ1v) is 8.71. The molecule has 3 N–H and O–H groups in total. The van der Waals surface area contributed by atoms with E-state index in [9.17, 15) is 14.0 Å². The van der Waals surface area contributed by atoms with E-state index in [1.807, 2.05) is 12.1 Å². The van der Waals surface area contributed by atoms with Gasteiger partial charge in [0.2, 0.25) is 5.91 Å². The SMILES string of the molecule is NC(=O)c1ccc(NC(=O)c2cnn(-c3ccc(F)cc3)c2-n2cccc2)cc1. The van der Waals surface area contributed by atoms with Crippen LogP contribution in [0.1, 0.15) is 20.7 Å². The fraction of sp³-hybridized carbons (Fsp3) is 0. The van der Waals surface area contributed by atoms with E-state index in [0.717, 1.165) is 0 Å². The standard InChI is InChI=1S/C21H16FN5O2/c22-15-5-9-17(10-6-15)27-21(26-11-1-2-12-26)18(13-24-27)20(29)25-16-7-3-14(4-8-16)19(23)28/h1-13H,(H2,23,28)(H,25,29). The summed E-state index contributed by atoms with van der Waals surface area (Å²) < 4.78 is 16.6. The lowest BCUT2D eigenvalue weighted by atomic mass is 10.2. The number of hydrogen-bond donors (Lipinski definition) is 2.